The van der Waals surface area contributed by atoms with Crippen molar-refractivity contribution in [2.75, 3.05) is 6.54 Å². The predicted molar refractivity (Wildman–Crippen MR) is 81.1 cm³/mol. The highest BCUT2D eigenvalue weighted by Crippen LogP contribution is 2.04. The zero-order chi connectivity index (χ0) is 13.8. The molecule has 0 bridgehead atoms. The summed E-state index contributed by atoms with van der Waals surface area (Å²) in [6.45, 7) is 3.06. The summed E-state index contributed by atoms with van der Waals surface area (Å²) in [5.41, 5.74) is 1.23. The lowest BCUT2D eigenvalue weighted by molar-refractivity contribution is -0.121. The Hall–Kier alpha value is -1.31. The Morgan fingerprint density at radius 2 is 1.68 bits per heavy atom. The van der Waals surface area contributed by atoms with Crippen LogP contribution in [0, 0.1) is 0 Å². The third-order valence-corrected chi connectivity index (χ3v) is 3.34. The van der Waals surface area contributed by atoms with Crippen molar-refractivity contribution in [3.8, 4) is 0 Å². The van der Waals surface area contributed by atoms with Crippen LogP contribution in [0.2, 0.25) is 0 Å². The lowest BCUT2D eigenvalue weighted by atomic mass is 10.1. The highest BCUT2D eigenvalue weighted by molar-refractivity contribution is 5.76. The number of rotatable bonds is 10. The van der Waals surface area contributed by atoms with Crippen LogP contribution in [0.15, 0.2) is 30.3 Å². The van der Waals surface area contributed by atoms with Crippen molar-refractivity contribution in [1.82, 2.24) is 5.32 Å². The van der Waals surface area contributed by atoms with Gasteiger partial charge in [0.05, 0.1) is 0 Å². The van der Waals surface area contributed by atoms with E-state index in [1.807, 2.05) is 18.2 Å². The molecule has 1 amide bonds. The molecule has 19 heavy (non-hydrogen) atoms. The zero-order valence-electron chi connectivity index (χ0n) is 12.2. The molecule has 106 valence electrons. The Morgan fingerprint density at radius 1 is 1.00 bits per heavy atom. The second-order valence-corrected chi connectivity index (χ2v) is 5.10. The van der Waals surface area contributed by atoms with Crippen molar-refractivity contribution in [2.24, 2.45) is 0 Å². The number of nitrogens with one attached hydrogen (secondary N) is 1. The lowest BCUT2D eigenvalue weighted by Gasteiger charge is -2.05. The molecular weight excluding hydrogens is 234 g/mol. The van der Waals surface area contributed by atoms with Crippen molar-refractivity contribution in [2.45, 2.75) is 58.3 Å². The van der Waals surface area contributed by atoms with Gasteiger partial charge in [-0.3, -0.25) is 4.79 Å². The van der Waals surface area contributed by atoms with Gasteiger partial charge in [0.15, 0.2) is 0 Å². The number of hydrogen-bond donors (Lipinski definition) is 1. The monoisotopic (exact) mass is 261 g/mol. The van der Waals surface area contributed by atoms with Gasteiger partial charge in [-0.1, -0.05) is 69.4 Å². The normalized spacial score (nSPS) is 10.4. The second-order valence-electron chi connectivity index (χ2n) is 5.10. The van der Waals surface area contributed by atoms with Crippen molar-refractivity contribution in [3.63, 3.8) is 0 Å². The third-order valence-electron chi connectivity index (χ3n) is 3.34. The molecule has 0 saturated heterocycles. The number of hydrogen-bond acceptors (Lipinski definition) is 1. The van der Waals surface area contributed by atoms with Crippen LogP contribution in [0.25, 0.3) is 0 Å². The van der Waals surface area contributed by atoms with Gasteiger partial charge in [0, 0.05) is 13.0 Å². The highest BCUT2D eigenvalue weighted by atomic mass is 16.1. The molecule has 0 heterocycles. The zero-order valence-corrected chi connectivity index (χ0v) is 12.2. The van der Waals surface area contributed by atoms with E-state index in [9.17, 15) is 4.79 Å². The van der Waals surface area contributed by atoms with Crippen molar-refractivity contribution in [1.29, 1.82) is 0 Å². The van der Waals surface area contributed by atoms with Crippen LogP contribution < -0.4 is 5.32 Å². The molecule has 0 fully saturated rings. The first-order valence-corrected chi connectivity index (χ1v) is 7.63. The third kappa shape index (κ3) is 8.41. The molecule has 1 aromatic rings. The Kier molecular flexibility index (Phi) is 8.78. The van der Waals surface area contributed by atoms with E-state index >= 15 is 0 Å². The summed E-state index contributed by atoms with van der Waals surface area (Å²) in [5, 5.41) is 3.00. The first-order valence-electron chi connectivity index (χ1n) is 7.63. The predicted octanol–water partition coefficient (Wildman–Crippen LogP) is 4.10. The molecule has 1 aromatic carbocycles. The SMILES string of the molecule is CCCCCCCCNC(=O)CCc1ccccc1. The van der Waals surface area contributed by atoms with Crippen LogP contribution in [0.4, 0.5) is 0 Å². The maximum Gasteiger partial charge on any atom is 0.220 e. The molecule has 0 aliphatic rings. The molecule has 0 radical (unpaired) electrons. The van der Waals surface area contributed by atoms with Crippen LogP contribution in [-0.2, 0) is 11.2 Å². The van der Waals surface area contributed by atoms with Gasteiger partial charge >= 0.3 is 0 Å². The Labute approximate surface area is 117 Å². The average Bonchev–Trinajstić information content (AvgIpc) is 2.45. The van der Waals surface area contributed by atoms with Crippen LogP contribution in [-0.4, -0.2) is 12.5 Å². The minimum absolute atomic E-state index is 0.178. The number of amides is 1. The number of carbonyl (C=O) groups excluding carboxylic acids is 1. The highest BCUT2D eigenvalue weighted by Gasteiger charge is 2.01. The first-order chi connectivity index (χ1) is 9.33. The minimum atomic E-state index is 0.178. The van der Waals surface area contributed by atoms with E-state index in [0.29, 0.717) is 6.42 Å². The molecule has 1 rings (SSSR count). The summed E-state index contributed by atoms with van der Waals surface area (Å²) in [6.07, 6.45) is 9.04. The average molecular weight is 261 g/mol. The van der Waals surface area contributed by atoms with Crippen molar-refractivity contribution in [3.05, 3.63) is 35.9 Å². The Balaban J connectivity index is 1.96. The summed E-state index contributed by atoms with van der Waals surface area (Å²) in [5.74, 6) is 0.178. The van der Waals surface area contributed by atoms with Gasteiger partial charge < -0.3 is 5.32 Å². The number of benzene rings is 1. The summed E-state index contributed by atoms with van der Waals surface area (Å²) >= 11 is 0. The number of aryl methyl sites for hydroxylation is 1. The van der Waals surface area contributed by atoms with Crippen molar-refractivity contribution >= 4 is 5.91 Å². The van der Waals surface area contributed by atoms with Gasteiger partial charge in [-0.15, -0.1) is 0 Å². The Bertz CT molecular complexity index is 334. The molecule has 0 spiro atoms. The number of carbonyl (C=O) groups is 1. The van der Waals surface area contributed by atoms with E-state index in [1.165, 1.54) is 37.7 Å². The summed E-state index contributed by atoms with van der Waals surface area (Å²) in [4.78, 5) is 11.6. The maximum atomic E-state index is 11.6. The standard InChI is InChI=1S/C17H27NO/c1-2-3-4-5-6-10-15-18-17(19)14-13-16-11-8-7-9-12-16/h7-9,11-12H,2-6,10,13-15H2,1H3,(H,18,19). The molecule has 0 saturated carbocycles. The first kappa shape index (κ1) is 15.7. The van der Waals surface area contributed by atoms with Gasteiger partial charge in [0.2, 0.25) is 5.91 Å². The summed E-state index contributed by atoms with van der Waals surface area (Å²) in [6, 6.07) is 10.2. The fourth-order valence-corrected chi connectivity index (χ4v) is 2.12. The topological polar surface area (TPSA) is 29.1 Å². The van der Waals surface area contributed by atoms with Gasteiger partial charge in [-0.25, -0.2) is 0 Å². The van der Waals surface area contributed by atoms with Crippen molar-refractivity contribution < 1.29 is 4.79 Å². The molecule has 0 aromatic heterocycles. The van der Waals surface area contributed by atoms with E-state index in [0.717, 1.165) is 19.4 Å². The molecule has 1 N–H and O–H groups in total. The largest absolute Gasteiger partial charge is 0.356 e. The van der Waals surface area contributed by atoms with E-state index in [4.69, 9.17) is 0 Å². The molecule has 2 heteroatoms. The quantitative estimate of drug-likeness (QED) is 0.631. The van der Waals surface area contributed by atoms with Gasteiger partial charge in [-0.2, -0.15) is 0 Å². The maximum absolute atomic E-state index is 11.6. The Morgan fingerprint density at radius 3 is 2.42 bits per heavy atom. The smallest absolute Gasteiger partial charge is 0.220 e. The van der Waals surface area contributed by atoms with E-state index < -0.39 is 0 Å². The fraction of sp³-hybridized carbons (Fsp3) is 0.588. The molecular formula is C17H27NO. The van der Waals surface area contributed by atoms with E-state index in [1.54, 1.807) is 0 Å². The van der Waals surface area contributed by atoms with Gasteiger partial charge in [0.1, 0.15) is 0 Å². The molecule has 0 atom stereocenters. The second kappa shape index (κ2) is 10.6. The molecule has 0 aliphatic carbocycles. The lowest BCUT2D eigenvalue weighted by Crippen LogP contribution is -2.24. The van der Waals surface area contributed by atoms with E-state index in [-0.39, 0.29) is 5.91 Å². The van der Waals surface area contributed by atoms with Crippen LogP contribution in [0.5, 0.6) is 0 Å². The molecule has 0 unspecified atom stereocenters. The summed E-state index contributed by atoms with van der Waals surface area (Å²) < 4.78 is 0. The summed E-state index contributed by atoms with van der Waals surface area (Å²) in [7, 11) is 0. The van der Waals surface area contributed by atoms with Crippen LogP contribution in [0.1, 0.15) is 57.4 Å². The van der Waals surface area contributed by atoms with Crippen LogP contribution >= 0.6 is 0 Å². The van der Waals surface area contributed by atoms with Gasteiger partial charge in [-0.05, 0) is 18.4 Å². The number of unbranched alkanes of at least 4 members (excludes halogenated alkanes) is 5. The van der Waals surface area contributed by atoms with Gasteiger partial charge in [0.25, 0.3) is 0 Å². The minimum Gasteiger partial charge on any atom is -0.356 e. The van der Waals surface area contributed by atoms with Crippen LogP contribution in [0.3, 0.4) is 0 Å². The van der Waals surface area contributed by atoms with E-state index in [2.05, 4.69) is 24.4 Å². The molecule has 2 nitrogen and oxygen atoms in total. The fourth-order valence-electron chi connectivity index (χ4n) is 2.12. The molecule has 0 aliphatic heterocycles.